The minimum Gasteiger partial charge on any atom is -0.462 e. The molecule has 0 aromatic rings. The van der Waals surface area contributed by atoms with Crippen LogP contribution in [0.15, 0.2) is 11.6 Å². The fourth-order valence-electron chi connectivity index (χ4n) is 14.0. The number of allylic oxidation sites excluding steroid dienone is 2. The fraction of sp³-hybridized carbons (Fsp3) is 0.921. The van der Waals surface area contributed by atoms with Gasteiger partial charge in [0.15, 0.2) is 12.6 Å². The van der Waals surface area contributed by atoms with Crippen molar-refractivity contribution >= 4 is 5.97 Å². The Morgan fingerprint density at radius 3 is 2.43 bits per heavy atom. The van der Waals surface area contributed by atoms with Crippen molar-refractivity contribution in [3.63, 3.8) is 0 Å². The Hall–Kier alpha value is -1.15. The molecule has 11 nitrogen and oxygen atoms in total. The second-order valence-corrected chi connectivity index (χ2v) is 18.7. The number of methoxy groups -OCH3 is 1. The van der Waals surface area contributed by atoms with Crippen LogP contribution in [0.1, 0.15) is 93.4 Å². The standard InChI is InChI=1S/C38H56O11/c1-18-13-38(30-35(7,48-30)31(43-8)49-38)47-21-14-33(5)23-10-9-22-32(3,4)24(46-29-28(42)27(41)20(40)16-44-29)11-12-36(22)17-37(23,36)15-25(45-19(2)39)34(33,6)26(18)21/h10,18,20-22,24-31,40-42H,9,11-17H2,1-8H3/t18-,20-,21+,22+,24+,25-,26+,27+,28-,29+,30-,31+,33+,34-,35-,36-,37+,38-/m1/s1. The van der Waals surface area contributed by atoms with E-state index in [4.69, 9.17) is 33.2 Å². The molecule has 4 saturated carbocycles. The van der Waals surface area contributed by atoms with Crippen molar-refractivity contribution < 1.29 is 53.3 Å². The summed E-state index contributed by atoms with van der Waals surface area (Å²) in [6.45, 7) is 15.2. The van der Waals surface area contributed by atoms with Crippen LogP contribution in [-0.2, 0) is 38.0 Å². The number of hydrogen-bond donors (Lipinski definition) is 3. The lowest BCUT2D eigenvalue weighted by Gasteiger charge is -2.62. The average molecular weight is 689 g/mol. The van der Waals surface area contributed by atoms with E-state index in [0.717, 1.165) is 38.5 Å². The van der Waals surface area contributed by atoms with Crippen LogP contribution in [0.2, 0.25) is 0 Å². The molecule has 4 aliphatic heterocycles. The summed E-state index contributed by atoms with van der Waals surface area (Å²) in [6, 6.07) is 0. The van der Waals surface area contributed by atoms with Crippen LogP contribution in [0.5, 0.6) is 0 Å². The lowest BCUT2D eigenvalue weighted by Crippen LogP contribution is -2.61. The van der Waals surface area contributed by atoms with Crippen molar-refractivity contribution in [1.82, 2.24) is 0 Å². The molecule has 0 amide bonds. The number of ether oxygens (including phenoxy) is 7. The number of esters is 1. The highest BCUT2D eigenvalue weighted by Crippen LogP contribution is 2.88. The van der Waals surface area contributed by atoms with Gasteiger partial charge in [-0.3, -0.25) is 4.79 Å². The third-order valence-corrected chi connectivity index (χ3v) is 16.3. The molecule has 274 valence electrons. The highest BCUT2D eigenvalue weighted by atomic mass is 16.8. The summed E-state index contributed by atoms with van der Waals surface area (Å²) in [5.41, 5.74) is 0.173. The molecule has 4 heterocycles. The summed E-state index contributed by atoms with van der Waals surface area (Å²) < 4.78 is 44.3. The molecule has 4 saturated heterocycles. The van der Waals surface area contributed by atoms with Gasteiger partial charge >= 0.3 is 5.97 Å². The molecule has 3 spiro atoms. The Morgan fingerprint density at radius 2 is 1.73 bits per heavy atom. The number of aliphatic hydroxyl groups is 3. The van der Waals surface area contributed by atoms with Gasteiger partial charge in [0, 0.05) is 36.7 Å². The summed E-state index contributed by atoms with van der Waals surface area (Å²) in [5, 5.41) is 31.0. The van der Waals surface area contributed by atoms with E-state index in [1.54, 1.807) is 14.0 Å². The van der Waals surface area contributed by atoms with Gasteiger partial charge in [-0.2, -0.15) is 0 Å². The van der Waals surface area contributed by atoms with Crippen LogP contribution in [0.25, 0.3) is 0 Å². The number of carbonyl (C=O) groups excluding carboxylic acids is 1. The van der Waals surface area contributed by atoms with E-state index in [-0.39, 0.29) is 75.9 Å². The van der Waals surface area contributed by atoms with Crippen molar-refractivity contribution in [1.29, 1.82) is 0 Å². The molecule has 0 aromatic heterocycles. The Morgan fingerprint density at radius 1 is 0.980 bits per heavy atom. The Bertz CT molecular complexity index is 1470. The zero-order chi connectivity index (χ0) is 34.9. The Balaban J connectivity index is 1.05. The van der Waals surface area contributed by atoms with Gasteiger partial charge in [0.25, 0.3) is 0 Å². The molecule has 8 fully saturated rings. The first-order valence-electron chi connectivity index (χ1n) is 18.7. The second-order valence-electron chi connectivity index (χ2n) is 18.7. The molecule has 5 aliphatic carbocycles. The fourth-order valence-corrected chi connectivity index (χ4v) is 14.0. The van der Waals surface area contributed by atoms with E-state index in [2.05, 4.69) is 40.7 Å². The van der Waals surface area contributed by atoms with Crippen LogP contribution < -0.4 is 0 Å². The molecule has 0 bridgehead atoms. The molecule has 0 unspecified atom stereocenters. The molecule has 18 atom stereocenters. The predicted octanol–water partition coefficient (Wildman–Crippen LogP) is 3.60. The van der Waals surface area contributed by atoms with E-state index in [9.17, 15) is 20.1 Å². The van der Waals surface area contributed by atoms with Crippen molar-refractivity contribution in [2.45, 2.75) is 160 Å². The zero-order valence-corrected chi connectivity index (χ0v) is 30.3. The lowest BCUT2D eigenvalue weighted by molar-refractivity contribution is -0.349. The topological polar surface area (TPSA) is 146 Å². The highest BCUT2D eigenvalue weighted by Gasteiger charge is 2.85. The van der Waals surface area contributed by atoms with Crippen LogP contribution in [0.4, 0.5) is 0 Å². The first-order chi connectivity index (χ1) is 22.9. The van der Waals surface area contributed by atoms with Crippen LogP contribution in [0.3, 0.4) is 0 Å². The summed E-state index contributed by atoms with van der Waals surface area (Å²) in [5.74, 6) is -0.345. The molecular weight excluding hydrogens is 632 g/mol. The van der Waals surface area contributed by atoms with E-state index < -0.39 is 42.3 Å². The number of rotatable bonds is 4. The number of fused-ring (bicyclic) bond motifs is 6. The minimum atomic E-state index is -1.31. The molecule has 3 N–H and O–H groups in total. The molecule has 0 aromatic carbocycles. The normalized spacial score (nSPS) is 60.6. The van der Waals surface area contributed by atoms with Gasteiger partial charge in [0.05, 0.1) is 18.8 Å². The number of hydrogen-bond acceptors (Lipinski definition) is 11. The quantitative estimate of drug-likeness (QED) is 0.226. The molecule has 9 rings (SSSR count). The average Bonchev–Trinajstić information content (AvgIpc) is 3.86. The summed E-state index contributed by atoms with van der Waals surface area (Å²) in [4.78, 5) is 12.9. The predicted molar refractivity (Wildman–Crippen MR) is 172 cm³/mol. The maximum absolute atomic E-state index is 12.9. The third-order valence-electron chi connectivity index (χ3n) is 16.3. The minimum absolute atomic E-state index is 0.0519. The van der Waals surface area contributed by atoms with Gasteiger partial charge in [0.2, 0.25) is 5.79 Å². The molecule has 9 aliphatic rings. The molecular formula is C38H56O11. The first-order valence-corrected chi connectivity index (χ1v) is 18.7. The van der Waals surface area contributed by atoms with Gasteiger partial charge in [-0.1, -0.05) is 46.3 Å². The van der Waals surface area contributed by atoms with Gasteiger partial charge in [-0.25, -0.2) is 0 Å². The maximum Gasteiger partial charge on any atom is 0.302 e. The van der Waals surface area contributed by atoms with Gasteiger partial charge in [-0.05, 0) is 74.0 Å². The summed E-state index contributed by atoms with van der Waals surface area (Å²) in [7, 11) is 1.66. The molecule has 0 radical (unpaired) electrons. The zero-order valence-electron chi connectivity index (χ0n) is 30.3. The van der Waals surface area contributed by atoms with Crippen molar-refractivity contribution in [3.05, 3.63) is 11.6 Å². The second kappa shape index (κ2) is 10.1. The number of epoxide rings is 1. The Labute approximate surface area is 289 Å². The van der Waals surface area contributed by atoms with Crippen molar-refractivity contribution in [2.75, 3.05) is 13.7 Å². The van der Waals surface area contributed by atoms with Gasteiger partial charge in [-0.15, -0.1) is 0 Å². The lowest BCUT2D eigenvalue weighted by atomic mass is 9.44. The molecule has 11 heteroatoms. The number of aliphatic hydroxyl groups excluding tert-OH is 3. The van der Waals surface area contributed by atoms with Crippen LogP contribution >= 0.6 is 0 Å². The van der Waals surface area contributed by atoms with Crippen molar-refractivity contribution in [2.24, 2.45) is 44.8 Å². The largest absolute Gasteiger partial charge is 0.462 e. The van der Waals surface area contributed by atoms with Gasteiger partial charge < -0.3 is 48.5 Å². The molecule has 49 heavy (non-hydrogen) atoms. The van der Waals surface area contributed by atoms with Crippen LogP contribution in [0, 0.1) is 44.8 Å². The van der Waals surface area contributed by atoms with Crippen molar-refractivity contribution in [3.8, 4) is 0 Å². The van der Waals surface area contributed by atoms with E-state index in [1.807, 2.05) is 6.92 Å². The van der Waals surface area contributed by atoms with E-state index in [1.165, 1.54) is 5.57 Å². The summed E-state index contributed by atoms with van der Waals surface area (Å²) >= 11 is 0. The monoisotopic (exact) mass is 688 g/mol. The summed E-state index contributed by atoms with van der Waals surface area (Å²) in [6.07, 6.45) is 2.72. The van der Waals surface area contributed by atoms with E-state index >= 15 is 0 Å². The third kappa shape index (κ3) is 3.93. The highest BCUT2D eigenvalue weighted by molar-refractivity contribution is 5.66. The Kier molecular flexibility index (Phi) is 6.93. The van der Waals surface area contributed by atoms with Crippen LogP contribution in [-0.4, -0.2) is 102 Å². The van der Waals surface area contributed by atoms with E-state index in [0.29, 0.717) is 12.3 Å². The van der Waals surface area contributed by atoms with Gasteiger partial charge in [0.1, 0.15) is 36.1 Å². The number of carbonyl (C=O) groups is 1. The first kappa shape index (κ1) is 33.7. The maximum atomic E-state index is 12.9. The SMILES string of the molecule is CO[C@H]1O[C@]2(C[C@@H](C)[C@H]3[C@H](C[C@@]4(C)C5=CC[C@H]6C(C)(C)[C@@H](O[C@@H]7OC[C@@H](O)[C@H](O)[C@H]7O)CC[C@@]67C[C@@]57C[C@@H](OC(C)=O)[C@]34C)O2)[C@@H]2O[C@@]12C. The smallest absolute Gasteiger partial charge is 0.302 e.